The van der Waals surface area contributed by atoms with E-state index in [1.54, 1.807) is 26.8 Å². The number of carboxylic acids is 1. The van der Waals surface area contributed by atoms with Crippen molar-refractivity contribution >= 4 is 75.2 Å². The predicted octanol–water partition coefficient (Wildman–Crippen LogP) is 13.0. The van der Waals surface area contributed by atoms with Crippen LogP contribution in [-0.4, -0.2) is 96.4 Å². The van der Waals surface area contributed by atoms with Gasteiger partial charge in [0.05, 0.1) is 34.6 Å². The molecule has 5 aliphatic rings. The first-order valence-corrected chi connectivity index (χ1v) is 33.4. The van der Waals surface area contributed by atoms with Gasteiger partial charge in [0.2, 0.25) is 21.8 Å². The molecule has 4 fully saturated rings. The van der Waals surface area contributed by atoms with Gasteiger partial charge in [-0.1, -0.05) is 104 Å². The van der Waals surface area contributed by atoms with Crippen molar-refractivity contribution < 1.29 is 56.5 Å². The van der Waals surface area contributed by atoms with E-state index in [0.29, 0.717) is 70.5 Å². The Labute approximate surface area is 515 Å². The fourth-order valence-electron chi connectivity index (χ4n) is 13.0. The van der Waals surface area contributed by atoms with Crippen LogP contribution in [0.3, 0.4) is 0 Å². The number of hydrogen-bond acceptors (Lipinski definition) is 13. The summed E-state index contributed by atoms with van der Waals surface area (Å²) in [5, 5.41) is 15.0. The lowest BCUT2D eigenvalue weighted by atomic mass is 9.59. The number of esters is 3. The van der Waals surface area contributed by atoms with Gasteiger partial charge in [0.25, 0.3) is 0 Å². The molecule has 19 heteroatoms. The highest BCUT2D eigenvalue weighted by Gasteiger charge is 2.51. The summed E-state index contributed by atoms with van der Waals surface area (Å²) in [6, 6.07) is 3.67. The number of benzene rings is 1. The van der Waals surface area contributed by atoms with E-state index < -0.39 is 69.7 Å². The number of ether oxygens (including phenoxy) is 3. The van der Waals surface area contributed by atoms with Gasteiger partial charge in [-0.05, 0) is 171 Å². The first kappa shape index (κ1) is 68.0. The SMILES string of the molecule is C=C(C)C(=O)OCCCSC(C)C(=O)NC1=NC(=Cc2[nH]c(NC(=O)CNS(=O)(=O)c3cc(C)cc(C(=O)O)c3)c(C(=O)OC3C(C(C)(C)C)CC(C)CC3C(C)(C)C)c2C2CC2)C(C2CC2)=C1C(=O)OC1C(C(C)(C)C)CC(C)CC1C(C)(C)C. The maximum absolute atomic E-state index is 15.6. The third kappa shape index (κ3) is 16.6. The third-order valence-corrected chi connectivity index (χ3v) is 20.7. The standard InChI is InChI=1S/C67H97N5O12S2/c1-35(2)61(77)82-24-19-25-85-39(6)59(74)72-58-54(63(79)84-56-46(66(13,14)15)30-38(5)31-47(56)67(16,17)18)52(41-22-23-41)49(70-58)33-48-51(40-20-21-40)53(62(78)83-55-44(64(7,8)9)28-37(4)29-45(55)65(10,11)12)57(69-48)71-50(73)34-68-86(80,81)43-27-36(3)26-42(32-43)60(75)76/h26-27,32-33,37-41,44-47,55-56,68-69H,1,19-25,28-31,34H2,2-18H3,(H,71,73)(H,75,76)(H,70,72,74). The molecule has 5 unspecified atom stereocenters. The smallest absolute Gasteiger partial charge is 0.342 e. The summed E-state index contributed by atoms with van der Waals surface area (Å²) in [4.78, 5) is 91.8. The maximum Gasteiger partial charge on any atom is 0.342 e. The lowest BCUT2D eigenvalue weighted by Crippen LogP contribution is -2.50. The number of amidine groups is 1. The number of aryl methyl sites for hydroxylation is 1. The number of allylic oxidation sites excluding steroid dienone is 1. The second-order valence-electron chi connectivity index (χ2n) is 29.8. The van der Waals surface area contributed by atoms with Crippen molar-refractivity contribution in [2.24, 2.45) is 68.1 Å². The van der Waals surface area contributed by atoms with Crippen molar-refractivity contribution in [3.8, 4) is 0 Å². The van der Waals surface area contributed by atoms with Crippen LogP contribution in [-0.2, 0) is 43.4 Å². The molecule has 1 aliphatic heterocycles. The molecule has 2 heterocycles. The summed E-state index contributed by atoms with van der Waals surface area (Å²) in [6.45, 7) is 38.6. The van der Waals surface area contributed by atoms with E-state index >= 15 is 9.59 Å². The number of aromatic nitrogens is 1. The van der Waals surface area contributed by atoms with E-state index in [-0.39, 0.29) is 97.0 Å². The minimum Gasteiger partial charge on any atom is -0.478 e. The van der Waals surface area contributed by atoms with Crippen LogP contribution in [0.5, 0.6) is 0 Å². The first-order valence-electron chi connectivity index (χ1n) is 30.9. The van der Waals surface area contributed by atoms with Crippen molar-refractivity contribution in [3.05, 3.63) is 75.1 Å². The summed E-state index contributed by atoms with van der Waals surface area (Å²) in [7, 11) is -4.42. The molecule has 0 saturated heterocycles. The highest BCUT2D eigenvalue weighted by molar-refractivity contribution is 8.00. The van der Waals surface area contributed by atoms with Crippen molar-refractivity contribution in [3.63, 3.8) is 0 Å². The van der Waals surface area contributed by atoms with Gasteiger partial charge in [0.15, 0.2) is 0 Å². The van der Waals surface area contributed by atoms with E-state index in [0.717, 1.165) is 44.6 Å². The second kappa shape index (κ2) is 26.3. The number of aromatic amines is 1. The zero-order valence-electron chi connectivity index (χ0n) is 54.1. The number of amides is 2. The first-order chi connectivity index (χ1) is 39.8. The van der Waals surface area contributed by atoms with Crippen LogP contribution in [0.15, 0.2) is 57.1 Å². The number of H-pyrrole nitrogens is 1. The Kier molecular flexibility index (Phi) is 20.8. The average Bonchev–Trinajstić information content (AvgIpc) is 1.57. The van der Waals surface area contributed by atoms with Crippen LogP contribution in [0.4, 0.5) is 5.82 Å². The second-order valence-corrected chi connectivity index (χ2v) is 33.0. The van der Waals surface area contributed by atoms with Gasteiger partial charge >= 0.3 is 23.9 Å². The molecule has 0 bridgehead atoms. The third-order valence-electron chi connectivity index (χ3n) is 18.0. The summed E-state index contributed by atoms with van der Waals surface area (Å²) < 4.78 is 48.8. The molecule has 1 aromatic heterocycles. The molecule has 474 valence electrons. The zero-order valence-corrected chi connectivity index (χ0v) is 55.7. The number of aliphatic imine (C=N–C) groups is 1. The number of sulfonamides is 1. The number of nitrogens with one attached hydrogen (secondary N) is 4. The summed E-state index contributed by atoms with van der Waals surface area (Å²) in [5.41, 5.74) is 1.76. The number of carbonyl (C=O) groups excluding carboxylic acids is 5. The number of nitrogens with zero attached hydrogens (tertiary/aromatic N) is 1. The van der Waals surface area contributed by atoms with Gasteiger partial charge in [-0.25, -0.2) is 37.3 Å². The van der Waals surface area contributed by atoms with E-state index in [4.69, 9.17) is 19.2 Å². The van der Waals surface area contributed by atoms with Gasteiger partial charge in [0.1, 0.15) is 35.0 Å². The minimum atomic E-state index is -4.42. The van der Waals surface area contributed by atoms with Crippen molar-refractivity contribution in [2.75, 3.05) is 24.2 Å². The quantitative estimate of drug-likeness (QED) is 0.0359. The molecule has 17 nitrogen and oxygen atoms in total. The number of aromatic carboxylic acids is 1. The normalized spacial score (nSPS) is 24.8. The van der Waals surface area contributed by atoms with E-state index in [1.807, 2.05) is 0 Å². The van der Waals surface area contributed by atoms with Crippen LogP contribution in [0.2, 0.25) is 0 Å². The van der Waals surface area contributed by atoms with E-state index in [9.17, 15) is 32.7 Å². The van der Waals surface area contributed by atoms with Gasteiger partial charge in [-0.3, -0.25) is 9.59 Å². The van der Waals surface area contributed by atoms with Crippen molar-refractivity contribution in [1.82, 2.24) is 15.0 Å². The highest BCUT2D eigenvalue weighted by atomic mass is 32.2. The number of carbonyl (C=O) groups is 6. The Morgan fingerprint density at radius 3 is 1.77 bits per heavy atom. The maximum atomic E-state index is 15.6. The fraction of sp³-hybridized carbons (Fsp3) is 0.657. The molecule has 7 rings (SSSR count). The van der Waals surface area contributed by atoms with Gasteiger partial charge < -0.3 is 34.9 Å². The van der Waals surface area contributed by atoms with Crippen molar-refractivity contribution in [2.45, 2.75) is 204 Å². The molecule has 4 saturated carbocycles. The topological polar surface area (TPSA) is 249 Å². The molecule has 2 aromatic rings. The molecule has 86 heavy (non-hydrogen) atoms. The van der Waals surface area contributed by atoms with Gasteiger partial charge in [-0.15, -0.1) is 11.8 Å². The Hall–Kier alpha value is -5.53. The fourth-order valence-corrected chi connectivity index (χ4v) is 15.0. The Morgan fingerprint density at radius 1 is 0.779 bits per heavy atom. The predicted molar refractivity (Wildman–Crippen MR) is 338 cm³/mol. The van der Waals surface area contributed by atoms with E-state index in [2.05, 4.69) is 124 Å². The summed E-state index contributed by atoms with van der Waals surface area (Å²) >= 11 is 1.37. The Morgan fingerprint density at radius 2 is 1.29 bits per heavy atom. The van der Waals surface area contributed by atoms with Gasteiger partial charge in [0, 0.05) is 34.9 Å². The average molecular weight is 1230 g/mol. The van der Waals surface area contributed by atoms with Crippen molar-refractivity contribution in [1.29, 1.82) is 0 Å². The molecule has 5 atom stereocenters. The number of carboxylic acid groups (broad SMARTS) is 1. The molecule has 0 spiro atoms. The summed E-state index contributed by atoms with van der Waals surface area (Å²) in [6.07, 6.45) is 7.59. The minimum absolute atomic E-state index is 0.0132. The number of thioether (sulfide) groups is 1. The highest BCUT2D eigenvalue weighted by Crippen LogP contribution is 2.54. The largest absolute Gasteiger partial charge is 0.478 e. The molecule has 0 radical (unpaired) electrons. The monoisotopic (exact) mass is 1230 g/mol. The molecule has 1 aromatic carbocycles. The Bertz CT molecular complexity index is 3120. The number of hydrogen-bond donors (Lipinski definition) is 5. The molecule has 4 aliphatic carbocycles. The Balaban J connectivity index is 1.35. The lowest BCUT2D eigenvalue weighted by molar-refractivity contribution is -0.164. The lowest BCUT2D eigenvalue weighted by Gasteiger charge is -2.50. The van der Waals surface area contributed by atoms with Crippen LogP contribution in [0.1, 0.15) is 212 Å². The molecular weight excluding hydrogens is 1130 g/mol. The van der Waals surface area contributed by atoms with Gasteiger partial charge in [-0.2, -0.15) is 0 Å². The number of rotatable bonds is 20. The molecule has 5 N–H and O–H groups in total. The number of anilines is 1. The molecule has 2 amide bonds. The van der Waals surface area contributed by atoms with Crippen LogP contribution < -0.4 is 15.4 Å². The van der Waals surface area contributed by atoms with Crippen LogP contribution in [0, 0.1) is 70.0 Å². The summed E-state index contributed by atoms with van der Waals surface area (Å²) in [5.74, 6) is -3.24. The van der Waals surface area contributed by atoms with Crippen LogP contribution >= 0.6 is 11.8 Å². The van der Waals surface area contributed by atoms with Crippen LogP contribution in [0.25, 0.3) is 6.08 Å². The zero-order chi connectivity index (χ0) is 63.9. The van der Waals surface area contributed by atoms with E-state index in [1.165, 1.54) is 23.9 Å². The molecular formula is C67H97N5O12S2.